The van der Waals surface area contributed by atoms with E-state index in [2.05, 4.69) is 0 Å². The molecule has 0 amide bonds. The number of carbonyl (C=O) groups is 1. The van der Waals surface area contributed by atoms with Gasteiger partial charge in [-0.05, 0) is 6.07 Å². The van der Waals surface area contributed by atoms with Gasteiger partial charge in [-0.25, -0.2) is 4.79 Å². The molecule has 4 nitrogen and oxygen atoms in total. The number of aliphatic carboxylic acids is 1. The molecule has 15 heavy (non-hydrogen) atoms. The molecule has 0 fully saturated rings. The van der Waals surface area contributed by atoms with E-state index in [-0.39, 0.29) is 13.2 Å². The van der Waals surface area contributed by atoms with Gasteiger partial charge in [-0.2, -0.15) is 0 Å². The molecule has 2 N–H and O–H groups in total. The number of carboxylic acids is 1. The van der Waals surface area contributed by atoms with E-state index < -0.39 is 12.1 Å². The predicted molar refractivity (Wildman–Crippen MR) is 54.9 cm³/mol. The van der Waals surface area contributed by atoms with E-state index in [0.717, 1.165) is 0 Å². The lowest BCUT2D eigenvalue weighted by molar-refractivity contribution is -0.151. The van der Waals surface area contributed by atoms with Crippen LogP contribution in [0, 0.1) is 0 Å². The van der Waals surface area contributed by atoms with Crippen LogP contribution >= 0.6 is 11.6 Å². The summed E-state index contributed by atoms with van der Waals surface area (Å²) >= 11 is 5.84. The van der Waals surface area contributed by atoms with Crippen LogP contribution in [0.4, 0.5) is 0 Å². The number of aliphatic hydroxyl groups excluding tert-OH is 1. The van der Waals surface area contributed by atoms with Crippen molar-refractivity contribution in [1.29, 1.82) is 0 Å². The number of rotatable bonds is 5. The highest BCUT2D eigenvalue weighted by Gasteiger charge is 2.22. The molecule has 5 heteroatoms. The second kappa shape index (κ2) is 5.70. The predicted octanol–water partition coefficient (Wildman–Crippen LogP) is 1.47. The average molecular weight is 231 g/mol. The molecular formula is C10H11ClO4. The Hall–Kier alpha value is -1.10. The molecule has 1 aromatic rings. The summed E-state index contributed by atoms with van der Waals surface area (Å²) in [6, 6.07) is 6.56. The molecule has 0 aliphatic heterocycles. The molecule has 0 bridgehead atoms. The van der Waals surface area contributed by atoms with E-state index in [1.54, 1.807) is 24.3 Å². The second-order valence-electron chi connectivity index (χ2n) is 2.83. The summed E-state index contributed by atoms with van der Waals surface area (Å²) < 4.78 is 4.99. The summed E-state index contributed by atoms with van der Waals surface area (Å²) in [4.78, 5) is 10.9. The molecule has 0 radical (unpaired) electrons. The number of hydrogen-bond donors (Lipinski definition) is 2. The van der Waals surface area contributed by atoms with Gasteiger partial charge in [0.1, 0.15) is 0 Å². The van der Waals surface area contributed by atoms with Crippen LogP contribution < -0.4 is 0 Å². The first kappa shape index (κ1) is 12.0. The van der Waals surface area contributed by atoms with Crippen molar-refractivity contribution in [2.24, 2.45) is 0 Å². The zero-order valence-corrected chi connectivity index (χ0v) is 8.65. The van der Waals surface area contributed by atoms with E-state index >= 15 is 0 Å². The van der Waals surface area contributed by atoms with Gasteiger partial charge >= 0.3 is 5.97 Å². The van der Waals surface area contributed by atoms with Crippen LogP contribution in [0.15, 0.2) is 24.3 Å². The Balaban J connectivity index is 2.89. The van der Waals surface area contributed by atoms with E-state index in [1.807, 2.05) is 0 Å². The molecule has 0 aromatic heterocycles. The average Bonchev–Trinajstić information content (AvgIpc) is 2.20. The molecular weight excluding hydrogens is 220 g/mol. The van der Waals surface area contributed by atoms with E-state index in [4.69, 9.17) is 26.6 Å². The molecule has 0 saturated carbocycles. The third-order valence-corrected chi connectivity index (χ3v) is 2.13. The van der Waals surface area contributed by atoms with Crippen LogP contribution in [0.5, 0.6) is 0 Å². The number of ether oxygens (including phenoxy) is 1. The first-order chi connectivity index (χ1) is 7.16. The van der Waals surface area contributed by atoms with Crippen LogP contribution in [0.1, 0.15) is 11.7 Å². The summed E-state index contributed by atoms with van der Waals surface area (Å²) in [6.45, 7) is -0.267. The fourth-order valence-electron chi connectivity index (χ4n) is 1.15. The van der Waals surface area contributed by atoms with Crippen LogP contribution in [-0.4, -0.2) is 29.4 Å². The van der Waals surface area contributed by atoms with Gasteiger partial charge in [0.2, 0.25) is 0 Å². The largest absolute Gasteiger partial charge is 0.479 e. The third kappa shape index (κ3) is 3.20. The Kier molecular flexibility index (Phi) is 4.55. The smallest absolute Gasteiger partial charge is 0.337 e. The lowest BCUT2D eigenvalue weighted by Crippen LogP contribution is -2.17. The second-order valence-corrected chi connectivity index (χ2v) is 3.24. The molecule has 0 spiro atoms. The molecule has 0 heterocycles. The van der Waals surface area contributed by atoms with Gasteiger partial charge in [0.15, 0.2) is 6.10 Å². The highest BCUT2D eigenvalue weighted by molar-refractivity contribution is 6.31. The van der Waals surface area contributed by atoms with Crippen molar-refractivity contribution >= 4 is 17.6 Å². The van der Waals surface area contributed by atoms with Crippen molar-refractivity contribution in [2.75, 3.05) is 13.2 Å². The van der Waals surface area contributed by atoms with Gasteiger partial charge in [0.05, 0.1) is 13.2 Å². The summed E-state index contributed by atoms with van der Waals surface area (Å²) in [5, 5.41) is 17.8. The summed E-state index contributed by atoms with van der Waals surface area (Å²) in [6.07, 6.45) is -1.13. The SMILES string of the molecule is O=C(O)C(OCCO)c1ccccc1Cl. The van der Waals surface area contributed by atoms with Gasteiger partial charge in [-0.15, -0.1) is 0 Å². The molecule has 0 saturated heterocycles. The van der Waals surface area contributed by atoms with Crippen LogP contribution in [0.2, 0.25) is 5.02 Å². The minimum absolute atomic E-state index is 0.0395. The molecule has 1 atom stereocenters. The fraction of sp³-hybridized carbons (Fsp3) is 0.300. The summed E-state index contributed by atoms with van der Waals surface area (Å²) in [7, 11) is 0. The molecule has 0 aliphatic rings. The van der Waals surface area contributed by atoms with Crippen LogP contribution in [-0.2, 0) is 9.53 Å². The summed E-state index contributed by atoms with van der Waals surface area (Å²) in [5.74, 6) is -1.13. The summed E-state index contributed by atoms with van der Waals surface area (Å²) in [5.41, 5.74) is 0.389. The molecule has 0 aliphatic carbocycles. The molecule has 1 rings (SSSR count). The quantitative estimate of drug-likeness (QED) is 0.804. The normalized spacial score (nSPS) is 12.4. The van der Waals surface area contributed by atoms with E-state index in [0.29, 0.717) is 10.6 Å². The number of aliphatic hydroxyl groups is 1. The molecule has 1 aromatic carbocycles. The zero-order chi connectivity index (χ0) is 11.3. The Bertz CT molecular complexity index is 340. The third-order valence-electron chi connectivity index (χ3n) is 1.79. The van der Waals surface area contributed by atoms with E-state index in [9.17, 15) is 4.79 Å². The topological polar surface area (TPSA) is 66.8 Å². The van der Waals surface area contributed by atoms with Crippen molar-refractivity contribution in [3.05, 3.63) is 34.9 Å². The lowest BCUT2D eigenvalue weighted by atomic mass is 10.1. The van der Waals surface area contributed by atoms with Crippen molar-refractivity contribution in [1.82, 2.24) is 0 Å². The van der Waals surface area contributed by atoms with Crippen molar-refractivity contribution in [3.8, 4) is 0 Å². The highest BCUT2D eigenvalue weighted by atomic mass is 35.5. The van der Waals surface area contributed by atoms with Gasteiger partial charge in [0.25, 0.3) is 0 Å². The number of carboxylic acid groups (broad SMARTS) is 1. The monoisotopic (exact) mass is 230 g/mol. The molecule has 82 valence electrons. The Morgan fingerprint density at radius 3 is 2.67 bits per heavy atom. The van der Waals surface area contributed by atoms with Crippen molar-refractivity contribution in [3.63, 3.8) is 0 Å². The van der Waals surface area contributed by atoms with Crippen LogP contribution in [0.3, 0.4) is 0 Å². The highest BCUT2D eigenvalue weighted by Crippen LogP contribution is 2.25. The minimum Gasteiger partial charge on any atom is -0.479 e. The Labute approximate surface area is 92.1 Å². The van der Waals surface area contributed by atoms with E-state index in [1.165, 1.54) is 0 Å². The Morgan fingerprint density at radius 1 is 1.47 bits per heavy atom. The number of halogens is 1. The van der Waals surface area contributed by atoms with Gasteiger partial charge in [0, 0.05) is 10.6 Å². The van der Waals surface area contributed by atoms with Gasteiger partial charge in [-0.1, -0.05) is 29.8 Å². The fourth-order valence-corrected chi connectivity index (χ4v) is 1.39. The molecule has 1 unspecified atom stereocenters. The van der Waals surface area contributed by atoms with Gasteiger partial charge < -0.3 is 14.9 Å². The van der Waals surface area contributed by atoms with Gasteiger partial charge in [-0.3, -0.25) is 0 Å². The maximum Gasteiger partial charge on any atom is 0.337 e. The maximum absolute atomic E-state index is 10.9. The number of hydrogen-bond acceptors (Lipinski definition) is 3. The Morgan fingerprint density at radius 2 is 2.13 bits per heavy atom. The lowest BCUT2D eigenvalue weighted by Gasteiger charge is -2.14. The zero-order valence-electron chi connectivity index (χ0n) is 7.89. The van der Waals surface area contributed by atoms with Crippen molar-refractivity contribution < 1.29 is 19.7 Å². The first-order valence-corrected chi connectivity index (χ1v) is 4.74. The maximum atomic E-state index is 10.9. The van der Waals surface area contributed by atoms with Crippen molar-refractivity contribution in [2.45, 2.75) is 6.10 Å². The minimum atomic E-state index is -1.13. The van der Waals surface area contributed by atoms with Crippen LogP contribution in [0.25, 0.3) is 0 Å². The standard InChI is InChI=1S/C10H11ClO4/c11-8-4-2-1-3-7(8)9(10(13)14)15-6-5-12/h1-4,9,12H,5-6H2,(H,13,14). The first-order valence-electron chi connectivity index (χ1n) is 4.36. The number of benzene rings is 1.